The highest BCUT2D eigenvalue weighted by molar-refractivity contribution is 7.14. The van der Waals surface area contributed by atoms with Gasteiger partial charge in [-0.2, -0.15) is 0 Å². The molecule has 3 rings (SSSR count). The molecule has 0 saturated heterocycles. The van der Waals surface area contributed by atoms with Gasteiger partial charge < -0.3 is 4.90 Å². The number of nitrogens with zero attached hydrogens (tertiary/aromatic N) is 2. The smallest absolute Gasteiger partial charge is 0.257 e. The Morgan fingerprint density at radius 2 is 1.78 bits per heavy atom. The predicted octanol–water partition coefficient (Wildman–Crippen LogP) is 3.90. The zero-order valence-corrected chi connectivity index (χ0v) is 16.1. The van der Waals surface area contributed by atoms with Gasteiger partial charge in [0.15, 0.2) is 5.13 Å². The number of nitrogens with one attached hydrogen (secondary N) is 1. The molecule has 6 heteroatoms. The van der Waals surface area contributed by atoms with Crippen molar-refractivity contribution in [3.63, 3.8) is 0 Å². The van der Waals surface area contributed by atoms with Gasteiger partial charge in [-0.3, -0.25) is 14.9 Å². The van der Waals surface area contributed by atoms with Gasteiger partial charge in [0.2, 0.25) is 5.91 Å². The molecule has 0 unspecified atom stereocenters. The van der Waals surface area contributed by atoms with Crippen LogP contribution in [0.3, 0.4) is 0 Å². The fourth-order valence-corrected chi connectivity index (χ4v) is 3.26. The van der Waals surface area contributed by atoms with E-state index in [4.69, 9.17) is 0 Å². The topological polar surface area (TPSA) is 62.3 Å². The lowest BCUT2D eigenvalue weighted by atomic mass is 10.1. The Labute approximate surface area is 162 Å². The number of hydrogen-bond acceptors (Lipinski definition) is 4. The van der Waals surface area contributed by atoms with Gasteiger partial charge in [-0.15, -0.1) is 11.3 Å². The Kier molecular flexibility index (Phi) is 5.98. The number of rotatable bonds is 6. The number of aryl methyl sites for hydroxylation is 1. The van der Waals surface area contributed by atoms with Crippen LogP contribution in [0.25, 0.3) is 0 Å². The van der Waals surface area contributed by atoms with Crippen LogP contribution in [0.1, 0.15) is 27.2 Å². The van der Waals surface area contributed by atoms with Crippen LogP contribution >= 0.6 is 11.3 Å². The summed E-state index contributed by atoms with van der Waals surface area (Å²) >= 11 is 1.32. The van der Waals surface area contributed by atoms with Gasteiger partial charge in [-0.05, 0) is 24.6 Å². The lowest BCUT2D eigenvalue weighted by molar-refractivity contribution is -0.129. The van der Waals surface area contributed by atoms with Crippen LogP contribution in [0.2, 0.25) is 0 Å². The zero-order valence-electron chi connectivity index (χ0n) is 15.3. The molecule has 0 fully saturated rings. The highest BCUT2D eigenvalue weighted by atomic mass is 32.1. The van der Waals surface area contributed by atoms with Crippen LogP contribution in [0.4, 0.5) is 5.13 Å². The summed E-state index contributed by atoms with van der Waals surface area (Å²) in [5.41, 5.74) is 3.51. The molecule has 2 amide bonds. The highest BCUT2D eigenvalue weighted by Crippen LogP contribution is 2.18. The Morgan fingerprint density at radius 3 is 2.48 bits per heavy atom. The lowest BCUT2D eigenvalue weighted by Gasteiger charge is -2.16. The standard InChI is InChI=1S/C21H21N3O2S/c1-15-8-10-16(11-9-15)13-24(2)19(25)12-18-14-27-21(22-18)23-20(26)17-6-4-3-5-7-17/h3-11,14H,12-13H2,1-2H3,(H,22,23,26). The van der Waals surface area contributed by atoms with E-state index in [9.17, 15) is 9.59 Å². The van der Waals surface area contributed by atoms with E-state index >= 15 is 0 Å². The van der Waals surface area contributed by atoms with Gasteiger partial charge in [0, 0.05) is 24.5 Å². The third kappa shape index (κ3) is 5.24. The molecule has 0 bridgehead atoms. The molecule has 1 aromatic heterocycles. The molecule has 138 valence electrons. The minimum absolute atomic E-state index is 0.0122. The quantitative estimate of drug-likeness (QED) is 0.706. The molecule has 0 saturated carbocycles. The monoisotopic (exact) mass is 379 g/mol. The SMILES string of the molecule is Cc1ccc(CN(C)C(=O)Cc2csc(NC(=O)c3ccccc3)n2)cc1. The number of carbonyl (C=O) groups excluding carboxylic acids is 2. The lowest BCUT2D eigenvalue weighted by Crippen LogP contribution is -2.27. The van der Waals surface area contributed by atoms with Crippen molar-refractivity contribution in [2.24, 2.45) is 0 Å². The third-order valence-corrected chi connectivity index (χ3v) is 4.91. The van der Waals surface area contributed by atoms with Crippen molar-refractivity contribution in [1.29, 1.82) is 0 Å². The van der Waals surface area contributed by atoms with Crippen LogP contribution in [0, 0.1) is 6.92 Å². The van der Waals surface area contributed by atoms with E-state index < -0.39 is 0 Å². The minimum Gasteiger partial charge on any atom is -0.341 e. The number of thiazole rings is 1. The largest absolute Gasteiger partial charge is 0.341 e. The molecular formula is C21H21N3O2S. The number of likely N-dealkylation sites (N-methyl/N-ethyl adjacent to an activating group) is 1. The summed E-state index contributed by atoms with van der Waals surface area (Å²) in [6, 6.07) is 17.1. The Hall–Kier alpha value is -2.99. The average Bonchev–Trinajstić information content (AvgIpc) is 3.11. The number of anilines is 1. The number of benzene rings is 2. The average molecular weight is 379 g/mol. The van der Waals surface area contributed by atoms with Gasteiger partial charge in [-0.1, -0.05) is 48.0 Å². The van der Waals surface area contributed by atoms with Crippen molar-refractivity contribution in [2.45, 2.75) is 19.9 Å². The molecule has 0 spiro atoms. The van der Waals surface area contributed by atoms with Crippen molar-refractivity contribution in [1.82, 2.24) is 9.88 Å². The van der Waals surface area contributed by atoms with Gasteiger partial charge in [0.25, 0.3) is 5.91 Å². The maximum Gasteiger partial charge on any atom is 0.257 e. The Bertz CT molecular complexity index is 920. The van der Waals surface area contributed by atoms with Gasteiger partial charge in [-0.25, -0.2) is 4.98 Å². The summed E-state index contributed by atoms with van der Waals surface area (Å²) < 4.78 is 0. The first-order valence-corrected chi connectivity index (χ1v) is 9.49. The Balaban J connectivity index is 1.55. The third-order valence-electron chi connectivity index (χ3n) is 4.11. The molecule has 5 nitrogen and oxygen atoms in total. The number of carbonyl (C=O) groups is 2. The predicted molar refractivity (Wildman–Crippen MR) is 108 cm³/mol. The molecule has 0 radical (unpaired) electrons. The molecule has 0 aliphatic carbocycles. The van der Waals surface area contributed by atoms with Crippen molar-refractivity contribution in [3.05, 3.63) is 82.4 Å². The molecule has 27 heavy (non-hydrogen) atoms. The van der Waals surface area contributed by atoms with E-state index in [1.54, 1.807) is 29.5 Å². The first-order chi connectivity index (χ1) is 13.0. The van der Waals surface area contributed by atoms with Crippen LogP contribution in [0.15, 0.2) is 60.0 Å². The van der Waals surface area contributed by atoms with E-state index in [2.05, 4.69) is 10.3 Å². The summed E-state index contributed by atoms with van der Waals surface area (Å²) in [4.78, 5) is 30.6. The molecule has 1 N–H and O–H groups in total. The summed E-state index contributed by atoms with van der Waals surface area (Å²) in [6.45, 7) is 2.59. The van der Waals surface area contributed by atoms with Crippen LogP contribution < -0.4 is 5.32 Å². The Morgan fingerprint density at radius 1 is 1.07 bits per heavy atom. The summed E-state index contributed by atoms with van der Waals surface area (Å²) in [7, 11) is 1.78. The van der Waals surface area contributed by atoms with E-state index in [1.165, 1.54) is 16.9 Å². The van der Waals surface area contributed by atoms with Crippen molar-refractivity contribution in [3.8, 4) is 0 Å². The fraction of sp³-hybridized carbons (Fsp3) is 0.190. The van der Waals surface area contributed by atoms with Gasteiger partial charge in [0.05, 0.1) is 12.1 Å². The number of aromatic nitrogens is 1. The second kappa shape index (κ2) is 8.60. The van der Waals surface area contributed by atoms with E-state index in [0.717, 1.165) is 5.56 Å². The molecule has 1 heterocycles. The molecule has 3 aromatic rings. The van der Waals surface area contributed by atoms with Crippen molar-refractivity contribution >= 4 is 28.3 Å². The van der Waals surface area contributed by atoms with Crippen LogP contribution in [-0.2, 0) is 17.8 Å². The second-order valence-corrected chi connectivity index (χ2v) is 7.23. The van der Waals surface area contributed by atoms with Gasteiger partial charge in [0.1, 0.15) is 0 Å². The maximum absolute atomic E-state index is 12.4. The summed E-state index contributed by atoms with van der Waals surface area (Å²) in [5.74, 6) is -0.221. The summed E-state index contributed by atoms with van der Waals surface area (Å²) in [5, 5.41) is 5.07. The second-order valence-electron chi connectivity index (χ2n) is 6.38. The zero-order chi connectivity index (χ0) is 19.2. The van der Waals surface area contributed by atoms with Crippen LogP contribution in [0.5, 0.6) is 0 Å². The number of hydrogen-bond donors (Lipinski definition) is 1. The maximum atomic E-state index is 12.4. The highest BCUT2D eigenvalue weighted by Gasteiger charge is 2.14. The molecule has 0 aliphatic rings. The number of amides is 2. The molecule has 0 atom stereocenters. The van der Waals surface area contributed by atoms with Crippen LogP contribution in [-0.4, -0.2) is 28.7 Å². The first kappa shape index (κ1) is 18.8. The minimum atomic E-state index is -0.209. The fourth-order valence-electron chi connectivity index (χ4n) is 2.55. The van der Waals surface area contributed by atoms with E-state index in [1.807, 2.05) is 49.4 Å². The van der Waals surface area contributed by atoms with Crippen molar-refractivity contribution in [2.75, 3.05) is 12.4 Å². The first-order valence-electron chi connectivity index (χ1n) is 8.61. The van der Waals surface area contributed by atoms with E-state index in [0.29, 0.717) is 22.9 Å². The van der Waals surface area contributed by atoms with Gasteiger partial charge >= 0.3 is 0 Å². The van der Waals surface area contributed by atoms with E-state index in [-0.39, 0.29) is 18.2 Å². The summed E-state index contributed by atoms with van der Waals surface area (Å²) in [6.07, 6.45) is 0.208. The normalized spacial score (nSPS) is 10.4. The molecule has 0 aliphatic heterocycles. The van der Waals surface area contributed by atoms with Crippen molar-refractivity contribution < 1.29 is 9.59 Å². The molecule has 2 aromatic carbocycles. The molecular weight excluding hydrogens is 358 g/mol.